The van der Waals surface area contributed by atoms with Crippen LogP contribution in [0.15, 0.2) is 18.3 Å². The van der Waals surface area contributed by atoms with Crippen LogP contribution in [0.25, 0.3) is 0 Å². The molecule has 0 bridgehead atoms. The second-order valence-electron chi connectivity index (χ2n) is 4.84. The molecule has 1 N–H and O–H groups in total. The Labute approximate surface area is 122 Å². The topological polar surface area (TPSA) is 39.1 Å². The van der Waals surface area contributed by atoms with Gasteiger partial charge in [-0.05, 0) is 25.1 Å². The normalized spacial score (nSPS) is 12.5. The fourth-order valence-electron chi connectivity index (χ4n) is 2.37. The Balaban J connectivity index is 2.58. The molecule has 2 aromatic rings. The quantitative estimate of drug-likeness (QED) is 0.922. The average molecular weight is 295 g/mol. The second kappa shape index (κ2) is 6.22. The Morgan fingerprint density at radius 2 is 2.05 bits per heavy atom. The number of halogens is 2. The molecule has 0 aliphatic heterocycles. The van der Waals surface area contributed by atoms with Crippen molar-refractivity contribution < 1.29 is 13.5 Å². The van der Waals surface area contributed by atoms with Crippen LogP contribution in [0.1, 0.15) is 29.8 Å². The standard InChI is InChI=1S/C15H19F2N3O/c1-5-18-14(15-13(21-4)8-19-20(15)3)10-6-9(2)11(16)7-12(10)17/h6-8,14,18H,5H2,1-4H3. The summed E-state index contributed by atoms with van der Waals surface area (Å²) in [5, 5.41) is 7.34. The first kappa shape index (κ1) is 15.4. The third-order valence-corrected chi connectivity index (χ3v) is 3.44. The summed E-state index contributed by atoms with van der Waals surface area (Å²) in [6.07, 6.45) is 1.58. The highest BCUT2D eigenvalue weighted by atomic mass is 19.1. The smallest absolute Gasteiger partial charge is 0.161 e. The van der Waals surface area contributed by atoms with E-state index >= 15 is 0 Å². The number of benzene rings is 1. The van der Waals surface area contributed by atoms with E-state index in [-0.39, 0.29) is 0 Å². The second-order valence-corrected chi connectivity index (χ2v) is 4.84. The lowest BCUT2D eigenvalue weighted by molar-refractivity contribution is 0.399. The van der Waals surface area contributed by atoms with Crippen molar-refractivity contribution in [3.8, 4) is 5.75 Å². The Morgan fingerprint density at radius 3 is 2.67 bits per heavy atom. The first-order valence-electron chi connectivity index (χ1n) is 6.74. The fourth-order valence-corrected chi connectivity index (χ4v) is 2.37. The number of nitrogens with one attached hydrogen (secondary N) is 1. The summed E-state index contributed by atoms with van der Waals surface area (Å²) in [7, 11) is 3.30. The lowest BCUT2D eigenvalue weighted by Crippen LogP contribution is -2.26. The first-order chi connectivity index (χ1) is 9.99. The van der Waals surface area contributed by atoms with E-state index in [9.17, 15) is 8.78 Å². The van der Waals surface area contributed by atoms with Gasteiger partial charge in [0.15, 0.2) is 5.75 Å². The number of nitrogens with zero attached hydrogens (tertiary/aromatic N) is 2. The summed E-state index contributed by atoms with van der Waals surface area (Å²) in [6.45, 7) is 4.15. The van der Waals surface area contributed by atoms with E-state index in [1.54, 1.807) is 24.9 Å². The molecule has 0 saturated carbocycles. The van der Waals surface area contributed by atoms with Gasteiger partial charge in [0, 0.05) is 18.7 Å². The van der Waals surface area contributed by atoms with E-state index in [0.717, 1.165) is 6.07 Å². The summed E-state index contributed by atoms with van der Waals surface area (Å²) < 4.78 is 34.6. The average Bonchev–Trinajstić information content (AvgIpc) is 2.81. The van der Waals surface area contributed by atoms with Crippen molar-refractivity contribution in [1.29, 1.82) is 0 Å². The highest BCUT2D eigenvalue weighted by molar-refractivity contribution is 5.38. The summed E-state index contributed by atoms with van der Waals surface area (Å²) in [6, 6.07) is 1.97. The summed E-state index contributed by atoms with van der Waals surface area (Å²) in [4.78, 5) is 0. The zero-order valence-corrected chi connectivity index (χ0v) is 12.6. The van der Waals surface area contributed by atoms with Crippen LogP contribution in [0.4, 0.5) is 8.78 Å². The fraction of sp³-hybridized carbons (Fsp3) is 0.400. The molecule has 6 heteroatoms. The molecule has 1 aromatic carbocycles. The van der Waals surface area contributed by atoms with Gasteiger partial charge in [0.25, 0.3) is 0 Å². The van der Waals surface area contributed by atoms with Crippen molar-refractivity contribution in [3.05, 3.63) is 46.8 Å². The van der Waals surface area contributed by atoms with Crippen molar-refractivity contribution in [2.45, 2.75) is 19.9 Å². The zero-order valence-electron chi connectivity index (χ0n) is 12.6. The molecule has 0 aliphatic carbocycles. The molecule has 0 fully saturated rings. The largest absolute Gasteiger partial charge is 0.493 e. The first-order valence-corrected chi connectivity index (χ1v) is 6.74. The number of aromatic nitrogens is 2. The van der Waals surface area contributed by atoms with Crippen LogP contribution in [0.3, 0.4) is 0 Å². The Bertz CT molecular complexity index is 640. The molecule has 4 nitrogen and oxygen atoms in total. The molecule has 2 rings (SSSR count). The van der Waals surface area contributed by atoms with Gasteiger partial charge in [-0.2, -0.15) is 5.10 Å². The van der Waals surface area contributed by atoms with Crippen LogP contribution in [0.2, 0.25) is 0 Å². The van der Waals surface area contributed by atoms with E-state index in [1.165, 1.54) is 13.2 Å². The van der Waals surface area contributed by atoms with Crippen molar-refractivity contribution in [1.82, 2.24) is 15.1 Å². The van der Waals surface area contributed by atoms with Crippen LogP contribution < -0.4 is 10.1 Å². The molecule has 0 saturated heterocycles. The maximum Gasteiger partial charge on any atom is 0.161 e. The molecule has 1 atom stereocenters. The van der Waals surface area contributed by atoms with Gasteiger partial charge in [-0.3, -0.25) is 4.68 Å². The van der Waals surface area contributed by atoms with E-state index in [4.69, 9.17) is 4.74 Å². The summed E-state index contributed by atoms with van der Waals surface area (Å²) in [5.41, 5.74) is 1.47. The number of aryl methyl sites for hydroxylation is 2. The van der Waals surface area contributed by atoms with E-state index in [1.807, 2.05) is 6.92 Å². The molecule has 1 unspecified atom stereocenters. The van der Waals surface area contributed by atoms with Gasteiger partial charge in [-0.25, -0.2) is 8.78 Å². The molecule has 0 radical (unpaired) electrons. The van der Waals surface area contributed by atoms with Crippen molar-refractivity contribution in [3.63, 3.8) is 0 Å². The number of hydrogen-bond acceptors (Lipinski definition) is 3. The van der Waals surface area contributed by atoms with Gasteiger partial charge in [0.05, 0.1) is 19.3 Å². The number of hydrogen-bond donors (Lipinski definition) is 1. The van der Waals surface area contributed by atoms with Gasteiger partial charge in [0.1, 0.15) is 17.3 Å². The monoisotopic (exact) mass is 295 g/mol. The predicted octanol–water partition coefficient (Wildman–Crippen LogP) is 2.71. The molecular weight excluding hydrogens is 276 g/mol. The predicted molar refractivity (Wildman–Crippen MR) is 76.4 cm³/mol. The molecule has 21 heavy (non-hydrogen) atoms. The highest BCUT2D eigenvalue weighted by Crippen LogP contribution is 2.31. The number of ether oxygens (including phenoxy) is 1. The maximum atomic E-state index is 14.2. The van der Waals surface area contributed by atoms with Gasteiger partial charge in [0.2, 0.25) is 0 Å². The summed E-state index contributed by atoms with van der Waals surface area (Å²) in [5.74, 6) is -0.583. The van der Waals surface area contributed by atoms with E-state index < -0.39 is 17.7 Å². The van der Waals surface area contributed by atoms with Gasteiger partial charge >= 0.3 is 0 Å². The lowest BCUT2D eigenvalue weighted by Gasteiger charge is -2.21. The minimum Gasteiger partial charge on any atom is -0.493 e. The molecule has 0 amide bonds. The highest BCUT2D eigenvalue weighted by Gasteiger charge is 2.25. The van der Waals surface area contributed by atoms with Crippen molar-refractivity contribution >= 4 is 0 Å². The molecule has 114 valence electrons. The van der Waals surface area contributed by atoms with Crippen LogP contribution in [0.5, 0.6) is 5.75 Å². The van der Waals surface area contributed by atoms with Gasteiger partial charge in [-0.15, -0.1) is 0 Å². The third-order valence-electron chi connectivity index (χ3n) is 3.44. The van der Waals surface area contributed by atoms with Crippen molar-refractivity contribution in [2.75, 3.05) is 13.7 Å². The van der Waals surface area contributed by atoms with Gasteiger partial charge in [-0.1, -0.05) is 6.92 Å². The van der Waals surface area contributed by atoms with Gasteiger partial charge < -0.3 is 10.1 Å². The maximum absolute atomic E-state index is 14.2. The number of rotatable bonds is 5. The Hall–Kier alpha value is -1.95. The Morgan fingerprint density at radius 1 is 1.33 bits per heavy atom. The van der Waals surface area contributed by atoms with Crippen LogP contribution in [-0.2, 0) is 7.05 Å². The third kappa shape index (κ3) is 2.90. The van der Waals surface area contributed by atoms with E-state index in [0.29, 0.717) is 29.1 Å². The lowest BCUT2D eigenvalue weighted by atomic mass is 10.00. The molecule has 1 heterocycles. The minimum absolute atomic E-state index is 0.373. The molecule has 1 aromatic heterocycles. The summed E-state index contributed by atoms with van der Waals surface area (Å²) >= 11 is 0. The van der Waals surface area contributed by atoms with Crippen LogP contribution in [-0.4, -0.2) is 23.4 Å². The minimum atomic E-state index is -0.590. The molecule has 0 aliphatic rings. The van der Waals surface area contributed by atoms with E-state index in [2.05, 4.69) is 10.4 Å². The SMILES string of the molecule is CCNC(c1cc(C)c(F)cc1F)c1c(OC)cnn1C. The Kier molecular flexibility index (Phi) is 4.57. The van der Waals surface area contributed by atoms with Crippen LogP contribution >= 0.6 is 0 Å². The number of methoxy groups -OCH3 is 1. The zero-order chi connectivity index (χ0) is 15.6. The van der Waals surface area contributed by atoms with Crippen LogP contribution in [0, 0.1) is 18.6 Å². The van der Waals surface area contributed by atoms with Crippen molar-refractivity contribution in [2.24, 2.45) is 7.05 Å². The molecular formula is C15H19F2N3O. The molecule has 0 spiro atoms.